The van der Waals surface area contributed by atoms with Crippen LogP contribution in [0.15, 0.2) is 24.3 Å². The number of hydrogen-bond donors (Lipinski definition) is 1. The fourth-order valence-electron chi connectivity index (χ4n) is 2.08. The van der Waals surface area contributed by atoms with Crippen LogP contribution in [0.25, 0.3) is 0 Å². The number of carbonyl (C=O) groups is 1. The van der Waals surface area contributed by atoms with Crippen LogP contribution in [0.3, 0.4) is 0 Å². The number of carbonyl (C=O) groups excluding carboxylic acids is 1. The second-order valence-corrected chi connectivity index (χ2v) is 4.93. The van der Waals surface area contributed by atoms with Gasteiger partial charge in [0.2, 0.25) is 5.91 Å². The van der Waals surface area contributed by atoms with E-state index in [1.807, 2.05) is 31.2 Å². The summed E-state index contributed by atoms with van der Waals surface area (Å²) in [7, 11) is 0. The van der Waals surface area contributed by atoms with Gasteiger partial charge < -0.3 is 5.32 Å². The van der Waals surface area contributed by atoms with Gasteiger partial charge >= 0.3 is 0 Å². The van der Waals surface area contributed by atoms with Gasteiger partial charge in [-0.15, -0.1) is 0 Å². The third-order valence-electron chi connectivity index (χ3n) is 3.06. The summed E-state index contributed by atoms with van der Waals surface area (Å²) >= 11 is 6.14. The first-order chi connectivity index (χ1) is 8.16. The van der Waals surface area contributed by atoms with Crippen molar-refractivity contribution in [1.29, 1.82) is 0 Å². The molecule has 0 aromatic heterocycles. The summed E-state index contributed by atoms with van der Waals surface area (Å²) in [5.41, 5.74) is 1.12. The van der Waals surface area contributed by atoms with Crippen molar-refractivity contribution in [3.63, 3.8) is 0 Å². The van der Waals surface area contributed by atoms with Gasteiger partial charge in [0.25, 0.3) is 0 Å². The van der Waals surface area contributed by atoms with Crippen LogP contribution in [0.1, 0.15) is 12.5 Å². The lowest BCUT2D eigenvalue weighted by Gasteiger charge is -2.21. The van der Waals surface area contributed by atoms with Gasteiger partial charge in [0, 0.05) is 37.1 Å². The molecule has 1 N–H and O–H groups in total. The van der Waals surface area contributed by atoms with Crippen LogP contribution in [-0.4, -0.2) is 30.4 Å². The molecule has 1 unspecified atom stereocenters. The van der Waals surface area contributed by atoms with Gasteiger partial charge in [0.15, 0.2) is 0 Å². The third-order valence-corrected chi connectivity index (χ3v) is 3.43. The molecule has 3 nitrogen and oxygen atoms in total. The average Bonchev–Trinajstić information content (AvgIpc) is 2.45. The molecule has 1 amide bonds. The van der Waals surface area contributed by atoms with Crippen LogP contribution in [0.4, 0.5) is 0 Å². The minimum atomic E-state index is 0.0417. The molecule has 1 atom stereocenters. The van der Waals surface area contributed by atoms with Crippen molar-refractivity contribution in [2.24, 2.45) is 5.92 Å². The largest absolute Gasteiger partial charge is 0.355 e. The van der Waals surface area contributed by atoms with Crippen molar-refractivity contribution in [2.45, 2.75) is 13.5 Å². The van der Waals surface area contributed by atoms with Crippen molar-refractivity contribution in [1.82, 2.24) is 10.2 Å². The van der Waals surface area contributed by atoms with Gasteiger partial charge in [-0.05, 0) is 11.6 Å². The van der Waals surface area contributed by atoms with Gasteiger partial charge in [0.05, 0.1) is 0 Å². The second-order valence-electron chi connectivity index (χ2n) is 4.52. The highest BCUT2D eigenvalue weighted by molar-refractivity contribution is 6.31. The standard InChI is InChI=1S/C13H17ClN2O/c1-10-8-16(7-6-15-13(10)17)9-11-4-2-3-5-12(11)14/h2-5,10H,6-9H2,1H3,(H,15,17). The van der Waals surface area contributed by atoms with E-state index in [0.29, 0.717) is 6.54 Å². The minimum absolute atomic E-state index is 0.0417. The van der Waals surface area contributed by atoms with E-state index in [9.17, 15) is 4.79 Å². The number of nitrogens with zero attached hydrogens (tertiary/aromatic N) is 1. The van der Waals surface area contributed by atoms with E-state index in [2.05, 4.69) is 10.2 Å². The molecule has 1 fully saturated rings. The van der Waals surface area contributed by atoms with Gasteiger partial charge in [-0.25, -0.2) is 0 Å². The number of nitrogens with one attached hydrogen (secondary N) is 1. The molecule has 2 rings (SSSR count). The Bertz CT molecular complexity index is 408. The van der Waals surface area contributed by atoms with Crippen LogP contribution in [-0.2, 0) is 11.3 Å². The Labute approximate surface area is 107 Å². The first-order valence-corrected chi connectivity index (χ1v) is 6.28. The van der Waals surface area contributed by atoms with Crippen LogP contribution < -0.4 is 5.32 Å². The van der Waals surface area contributed by atoms with Crippen LogP contribution >= 0.6 is 11.6 Å². The predicted molar refractivity (Wildman–Crippen MR) is 68.9 cm³/mol. The number of amides is 1. The van der Waals surface area contributed by atoms with Gasteiger partial charge in [0.1, 0.15) is 0 Å². The summed E-state index contributed by atoms with van der Waals surface area (Å²) in [4.78, 5) is 13.8. The van der Waals surface area contributed by atoms with Gasteiger partial charge in [-0.3, -0.25) is 9.69 Å². The molecule has 0 radical (unpaired) electrons. The molecule has 0 saturated carbocycles. The van der Waals surface area contributed by atoms with E-state index in [-0.39, 0.29) is 11.8 Å². The summed E-state index contributed by atoms with van der Waals surface area (Å²) in [6.45, 7) is 5.14. The maximum absolute atomic E-state index is 11.5. The molecular formula is C13H17ClN2O. The molecule has 0 spiro atoms. The maximum Gasteiger partial charge on any atom is 0.224 e. The molecule has 4 heteroatoms. The predicted octanol–water partition coefficient (Wildman–Crippen LogP) is 1.91. The summed E-state index contributed by atoms with van der Waals surface area (Å²) < 4.78 is 0. The summed E-state index contributed by atoms with van der Waals surface area (Å²) in [6.07, 6.45) is 0. The normalized spacial score (nSPS) is 22.0. The Balaban J connectivity index is 2.04. The van der Waals surface area contributed by atoms with E-state index >= 15 is 0 Å². The summed E-state index contributed by atoms with van der Waals surface area (Å²) in [5, 5.41) is 3.71. The molecule has 1 aromatic carbocycles. The fourth-order valence-corrected chi connectivity index (χ4v) is 2.28. The fraction of sp³-hybridized carbons (Fsp3) is 0.462. The smallest absolute Gasteiger partial charge is 0.224 e. The highest BCUT2D eigenvalue weighted by Gasteiger charge is 2.21. The molecule has 0 bridgehead atoms. The Morgan fingerprint density at radius 3 is 3.00 bits per heavy atom. The van der Waals surface area contributed by atoms with Crippen LogP contribution in [0, 0.1) is 5.92 Å². The Kier molecular flexibility index (Phi) is 4.02. The maximum atomic E-state index is 11.5. The molecule has 1 aliphatic heterocycles. The molecular weight excluding hydrogens is 236 g/mol. The quantitative estimate of drug-likeness (QED) is 0.872. The Hall–Kier alpha value is -1.06. The Morgan fingerprint density at radius 1 is 1.47 bits per heavy atom. The molecule has 1 aromatic rings. The minimum Gasteiger partial charge on any atom is -0.355 e. The zero-order valence-electron chi connectivity index (χ0n) is 9.95. The van der Waals surface area contributed by atoms with Gasteiger partial charge in [-0.1, -0.05) is 36.7 Å². The molecule has 1 saturated heterocycles. The van der Waals surface area contributed by atoms with E-state index in [1.165, 1.54) is 0 Å². The van der Waals surface area contributed by atoms with Crippen molar-refractivity contribution < 1.29 is 4.79 Å². The number of halogens is 1. The number of hydrogen-bond acceptors (Lipinski definition) is 2. The van der Waals surface area contributed by atoms with E-state index in [4.69, 9.17) is 11.6 Å². The van der Waals surface area contributed by atoms with Crippen LogP contribution in [0.5, 0.6) is 0 Å². The Morgan fingerprint density at radius 2 is 2.24 bits per heavy atom. The van der Waals surface area contributed by atoms with Crippen molar-refractivity contribution in [3.05, 3.63) is 34.9 Å². The van der Waals surface area contributed by atoms with Crippen molar-refractivity contribution in [2.75, 3.05) is 19.6 Å². The monoisotopic (exact) mass is 252 g/mol. The lowest BCUT2D eigenvalue weighted by Crippen LogP contribution is -2.29. The zero-order chi connectivity index (χ0) is 12.3. The van der Waals surface area contributed by atoms with Crippen molar-refractivity contribution in [3.8, 4) is 0 Å². The summed E-state index contributed by atoms with van der Waals surface area (Å²) in [6, 6.07) is 7.86. The van der Waals surface area contributed by atoms with E-state index in [0.717, 1.165) is 30.2 Å². The molecule has 0 aliphatic carbocycles. The summed E-state index contributed by atoms with van der Waals surface area (Å²) in [5.74, 6) is 0.187. The SMILES string of the molecule is CC1CN(Cc2ccccc2Cl)CCNC1=O. The van der Waals surface area contributed by atoms with Gasteiger partial charge in [-0.2, -0.15) is 0 Å². The number of benzene rings is 1. The second kappa shape index (κ2) is 5.52. The molecule has 17 heavy (non-hydrogen) atoms. The zero-order valence-corrected chi connectivity index (χ0v) is 10.7. The average molecular weight is 253 g/mol. The lowest BCUT2D eigenvalue weighted by molar-refractivity contribution is -0.124. The molecule has 1 aliphatic rings. The van der Waals surface area contributed by atoms with E-state index in [1.54, 1.807) is 0 Å². The number of rotatable bonds is 2. The van der Waals surface area contributed by atoms with Crippen LogP contribution in [0.2, 0.25) is 5.02 Å². The third kappa shape index (κ3) is 3.20. The topological polar surface area (TPSA) is 32.3 Å². The first kappa shape index (κ1) is 12.4. The highest BCUT2D eigenvalue weighted by atomic mass is 35.5. The first-order valence-electron chi connectivity index (χ1n) is 5.90. The molecule has 1 heterocycles. The molecule has 92 valence electrons. The lowest BCUT2D eigenvalue weighted by atomic mass is 10.1. The van der Waals surface area contributed by atoms with E-state index < -0.39 is 0 Å². The van der Waals surface area contributed by atoms with Crippen molar-refractivity contribution >= 4 is 17.5 Å². The highest BCUT2D eigenvalue weighted by Crippen LogP contribution is 2.18.